The van der Waals surface area contributed by atoms with Gasteiger partial charge in [0.15, 0.2) is 11.6 Å². The summed E-state index contributed by atoms with van der Waals surface area (Å²) in [5.74, 6) is -2.35. The van der Waals surface area contributed by atoms with Gasteiger partial charge in [-0.15, -0.1) is 0 Å². The molecule has 3 rings (SSSR count). The lowest BCUT2D eigenvalue weighted by Gasteiger charge is -2.07. The van der Waals surface area contributed by atoms with Gasteiger partial charge in [0, 0.05) is 10.9 Å². The molecule has 3 aromatic rings. The molecule has 0 fully saturated rings. The first-order chi connectivity index (χ1) is 9.16. The van der Waals surface area contributed by atoms with E-state index in [1.165, 1.54) is 6.07 Å². The van der Waals surface area contributed by atoms with Gasteiger partial charge in [0.2, 0.25) is 0 Å². The molecular weight excluding hydrogens is 249 g/mol. The molecule has 0 heterocycles. The molecule has 0 atom stereocenters. The zero-order valence-electron chi connectivity index (χ0n) is 9.83. The van der Waals surface area contributed by atoms with Crippen LogP contribution in [-0.4, -0.2) is 0 Å². The molecule has 0 radical (unpaired) electrons. The second-order valence-electron chi connectivity index (χ2n) is 4.28. The van der Waals surface area contributed by atoms with Gasteiger partial charge < -0.3 is 0 Å². The fraction of sp³-hybridized carbons (Fsp3) is 0. The summed E-state index contributed by atoms with van der Waals surface area (Å²) in [7, 11) is 0. The number of hydrogen-bond acceptors (Lipinski definition) is 0. The normalized spacial score (nSPS) is 10.9. The largest absolute Gasteiger partial charge is 0.206 e. The van der Waals surface area contributed by atoms with E-state index in [2.05, 4.69) is 0 Å². The first-order valence-electron chi connectivity index (χ1n) is 5.79. The SMILES string of the molecule is Fc1ccc(-c2ccc3ccccc3c2F)cc1F. The minimum atomic E-state index is -0.981. The van der Waals surface area contributed by atoms with Gasteiger partial charge in [0.1, 0.15) is 5.82 Å². The maximum Gasteiger partial charge on any atom is 0.159 e. The number of benzene rings is 3. The van der Waals surface area contributed by atoms with E-state index < -0.39 is 17.5 Å². The lowest BCUT2D eigenvalue weighted by molar-refractivity contribution is 0.509. The third kappa shape index (κ3) is 1.97. The van der Waals surface area contributed by atoms with Crippen molar-refractivity contribution in [1.29, 1.82) is 0 Å². The van der Waals surface area contributed by atoms with Gasteiger partial charge in [-0.25, -0.2) is 13.2 Å². The Bertz CT molecular complexity index is 763. The summed E-state index contributed by atoms with van der Waals surface area (Å²) >= 11 is 0. The highest BCUT2D eigenvalue weighted by Crippen LogP contribution is 2.29. The molecule has 3 heteroatoms. The first-order valence-corrected chi connectivity index (χ1v) is 5.79. The molecule has 94 valence electrons. The van der Waals surface area contributed by atoms with Crippen molar-refractivity contribution in [1.82, 2.24) is 0 Å². The van der Waals surface area contributed by atoms with Crippen LogP contribution in [0.5, 0.6) is 0 Å². The van der Waals surface area contributed by atoms with E-state index in [0.29, 0.717) is 10.9 Å². The summed E-state index contributed by atoms with van der Waals surface area (Å²) < 4.78 is 40.5. The molecule has 0 unspecified atom stereocenters. The molecule has 0 amide bonds. The standard InChI is InChI=1S/C16H9F3/c17-14-8-6-11(9-15(14)18)13-7-5-10-3-1-2-4-12(10)16(13)19/h1-9H. The van der Waals surface area contributed by atoms with Crippen LogP contribution in [0.15, 0.2) is 54.6 Å². The molecule has 0 saturated carbocycles. The molecule has 0 aliphatic carbocycles. The van der Waals surface area contributed by atoms with Crippen LogP contribution in [0.25, 0.3) is 21.9 Å². The highest BCUT2D eigenvalue weighted by Gasteiger charge is 2.11. The van der Waals surface area contributed by atoms with Gasteiger partial charge in [0.05, 0.1) is 0 Å². The molecule has 0 aliphatic heterocycles. The van der Waals surface area contributed by atoms with Gasteiger partial charge in [-0.3, -0.25) is 0 Å². The Morgan fingerprint density at radius 3 is 2.26 bits per heavy atom. The molecule has 0 saturated heterocycles. The number of halogens is 3. The van der Waals surface area contributed by atoms with E-state index >= 15 is 0 Å². The molecule has 0 nitrogen and oxygen atoms in total. The lowest BCUT2D eigenvalue weighted by atomic mass is 10.0. The van der Waals surface area contributed by atoms with E-state index in [4.69, 9.17) is 0 Å². The van der Waals surface area contributed by atoms with E-state index in [0.717, 1.165) is 17.5 Å². The van der Waals surface area contributed by atoms with Gasteiger partial charge in [-0.2, -0.15) is 0 Å². The van der Waals surface area contributed by atoms with Gasteiger partial charge >= 0.3 is 0 Å². The zero-order valence-corrected chi connectivity index (χ0v) is 9.83. The topological polar surface area (TPSA) is 0 Å². The highest BCUT2D eigenvalue weighted by molar-refractivity contribution is 5.88. The van der Waals surface area contributed by atoms with Gasteiger partial charge in [0.25, 0.3) is 0 Å². The predicted octanol–water partition coefficient (Wildman–Crippen LogP) is 4.92. The minimum Gasteiger partial charge on any atom is -0.206 e. The number of hydrogen-bond donors (Lipinski definition) is 0. The average molecular weight is 258 g/mol. The van der Waals surface area contributed by atoms with Gasteiger partial charge in [-0.1, -0.05) is 42.5 Å². The third-order valence-electron chi connectivity index (χ3n) is 3.09. The fourth-order valence-corrected chi connectivity index (χ4v) is 2.12. The van der Waals surface area contributed by atoms with Crippen LogP contribution < -0.4 is 0 Å². The number of fused-ring (bicyclic) bond motifs is 1. The molecule has 3 aromatic carbocycles. The second-order valence-corrected chi connectivity index (χ2v) is 4.28. The minimum absolute atomic E-state index is 0.262. The van der Waals surface area contributed by atoms with Crippen molar-refractivity contribution >= 4 is 10.8 Å². The van der Waals surface area contributed by atoms with E-state index in [1.54, 1.807) is 30.3 Å². The summed E-state index contributed by atoms with van der Waals surface area (Å²) in [5.41, 5.74) is 0.583. The van der Waals surface area contributed by atoms with Crippen LogP contribution in [0.1, 0.15) is 0 Å². The molecule has 19 heavy (non-hydrogen) atoms. The highest BCUT2D eigenvalue weighted by atomic mass is 19.2. The van der Waals surface area contributed by atoms with Crippen molar-refractivity contribution in [3.05, 3.63) is 72.0 Å². The maximum absolute atomic E-state index is 14.4. The maximum atomic E-state index is 14.4. The Balaban J connectivity index is 2.25. The summed E-state index contributed by atoms with van der Waals surface area (Å²) in [6, 6.07) is 13.7. The van der Waals surface area contributed by atoms with Crippen LogP contribution in [-0.2, 0) is 0 Å². The lowest BCUT2D eigenvalue weighted by Crippen LogP contribution is -1.89. The average Bonchev–Trinajstić information content (AvgIpc) is 2.43. The molecule has 0 aliphatic rings. The first kappa shape index (κ1) is 11.8. The third-order valence-corrected chi connectivity index (χ3v) is 3.09. The quantitative estimate of drug-likeness (QED) is 0.581. The molecule has 0 aromatic heterocycles. The summed E-state index contributed by atoms with van der Waals surface area (Å²) in [6.45, 7) is 0. The summed E-state index contributed by atoms with van der Waals surface area (Å²) in [5, 5.41) is 1.23. The monoisotopic (exact) mass is 258 g/mol. The second kappa shape index (κ2) is 4.43. The van der Waals surface area contributed by atoms with E-state index in [1.807, 2.05) is 6.07 Å². The Morgan fingerprint density at radius 1 is 0.684 bits per heavy atom. The van der Waals surface area contributed by atoms with Crippen molar-refractivity contribution in [2.24, 2.45) is 0 Å². The summed E-state index contributed by atoms with van der Waals surface area (Å²) in [4.78, 5) is 0. The van der Waals surface area contributed by atoms with Crippen LogP contribution in [0.3, 0.4) is 0 Å². The van der Waals surface area contributed by atoms with Crippen molar-refractivity contribution in [3.8, 4) is 11.1 Å². The van der Waals surface area contributed by atoms with Crippen molar-refractivity contribution in [3.63, 3.8) is 0 Å². The smallest absolute Gasteiger partial charge is 0.159 e. The van der Waals surface area contributed by atoms with E-state index in [-0.39, 0.29) is 5.56 Å². The Hall–Kier alpha value is -2.29. The van der Waals surface area contributed by atoms with E-state index in [9.17, 15) is 13.2 Å². The van der Waals surface area contributed by atoms with Crippen molar-refractivity contribution in [2.75, 3.05) is 0 Å². The van der Waals surface area contributed by atoms with Crippen LogP contribution in [0, 0.1) is 17.5 Å². The summed E-state index contributed by atoms with van der Waals surface area (Å²) in [6.07, 6.45) is 0. The Kier molecular flexibility index (Phi) is 2.75. The predicted molar refractivity (Wildman–Crippen MR) is 69.3 cm³/mol. The van der Waals surface area contributed by atoms with Crippen molar-refractivity contribution < 1.29 is 13.2 Å². The zero-order chi connectivity index (χ0) is 13.4. The number of rotatable bonds is 1. The molecule has 0 N–H and O–H groups in total. The van der Waals surface area contributed by atoms with Crippen LogP contribution in [0.4, 0.5) is 13.2 Å². The van der Waals surface area contributed by atoms with Crippen LogP contribution in [0.2, 0.25) is 0 Å². The fourth-order valence-electron chi connectivity index (χ4n) is 2.12. The Morgan fingerprint density at radius 2 is 1.47 bits per heavy atom. The molecule has 0 spiro atoms. The Labute approximate surface area is 108 Å². The van der Waals surface area contributed by atoms with Crippen LogP contribution >= 0.6 is 0 Å². The molecular formula is C16H9F3. The molecule has 0 bridgehead atoms. The van der Waals surface area contributed by atoms with Crippen molar-refractivity contribution in [2.45, 2.75) is 0 Å². The van der Waals surface area contributed by atoms with Gasteiger partial charge in [-0.05, 0) is 23.1 Å².